The summed E-state index contributed by atoms with van der Waals surface area (Å²) in [5, 5.41) is 17.9. The predicted molar refractivity (Wildman–Crippen MR) is 39.5 cm³/mol. The first-order valence-corrected chi connectivity index (χ1v) is 3.34. The highest BCUT2D eigenvalue weighted by Crippen LogP contribution is 2.08. The van der Waals surface area contributed by atoms with E-state index in [9.17, 15) is 4.79 Å². The fourth-order valence-electron chi connectivity index (χ4n) is 0.854. The van der Waals surface area contributed by atoms with Crippen molar-refractivity contribution < 1.29 is 15.0 Å². The first-order chi connectivity index (χ1) is 5.16. The van der Waals surface area contributed by atoms with Crippen LogP contribution in [-0.2, 0) is 4.79 Å². The molecule has 0 saturated heterocycles. The Morgan fingerprint density at radius 2 is 2.36 bits per heavy atom. The summed E-state index contributed by atoms with van der Waals surface area (Å²) in [4.78, 5) is 14.5. The average molecular weight is 155 g/mol. The van der Waals surface area contributed by atoms with Crippen LogP contribution in [0, 0.1) is 0 Å². The van der Waals surface area contributed by atoms with E-state index < -0.39 is 17.6 Å². The zero-order valence-corrected chi connectivity index (χ0v) is 6.11. The van der Waals surface area contributed by atoms with Crippen molar-refractivity contribution in [2.75, 3.05) is 0 Å². The third kappa shape index (κ3) is 1.30. The first kappa shape index (κ1) is 7.94. The van der Waals surface area contributed by atoms with Gasteiger partial charge in [0.15, 0.2) is 11.9 Å². The van der Waals surface area contributed by atoms with Gasteiger partial charge in [-0.05, 0) is 6.42 Å². The third-order valence-corrected chi connectivity index (χ3v) is 1.53. The van der Waals surface area contributed by atoms with Crippen LogP contribution in [-0.4, -0.2) is 27.8 Å². The van der Waals surface area contributed by atoms with E-state index in [-0.39, 0.29) is 0 Å². The lowest BCUT2D eigenvalue weighted by atomic mass is 10.1. The van der Waals surface area contributed by atoms with Gasteiger partial charge >= 0.3 is 0 Å². The molecule has 1 heterocycles. The van der Waals surface area contributed by atoms with Gasteiger partial charge in [-0.1, -0.05) is 6.92 Å². The fourth-order valence-corrected chi connectivity index (χ4v) is 0.854. The van der Waals surface area contributed by atoms with Crippen LogP contribution in [0.2, 0.25) is 0 Å². The maximum Gasteiger partial charge on any atom is 0.232 e. The van der Waals surface area contributed by atoms with E-state index in [1.54, 1.807) is 6.92 Å². The second-order valence-electron chi connectivity index (χ2n) is 2.26. The summed E-state index contributed by atoms with van der Waals surface area (Å²) in [5.41, 5.74) is 0.396. The van der Waals surface area contributed by atoms with Gasteiger partial charge in [-0.15, -0.1) is 0 Å². The van der Waals surface area contributed by atoms with Gasteiger partial charge in [0.2, 0.25) is 5.78 Å². The number of aliphatic imine (C=N–C) groups is 1. The number of nitrogens with zero attached hydrogens (tertiary/aromatic N) is 1. The molecule has 4 nitrogen and oxygen atoms in total. The van der Waals surface area contributed by atoms with E-state index in [2.05, 4.69) is 4.99 Å². The van der Waals surface area contributed by atoms with Crippen LogP contribution in [0.5, 0.6) is 0 Å². The van der Waals surface area contributed by atoms with Crippen LogP contribution in [0.1, 0.15) is 13.3 Å². The number of carbonyl (C=O) groups excluding carboxylic acids is 1. The lowest BCUT2D eigenvalue weighted by Gasteiger charge is -2.13. The van der Waals surface area contributed by atoms with Crippen molar-refractivity contribution in [2.24, 2.45) is 4.99 Å². The summed E-state index contributed by atoms with van der Waals surface area (Å²) in [6.07, 6.45) is 0.329. The Labute approximate surface area is 63.9 Å². The number of hydrogen-bond acceptors (Lipinski definition) is 4. The third-order valence-electron chi connectivity index (χ3n) is 1.53. The highest BCUT2D eigenvalue weighted by Gasteiger charge is 2.26. The van der Waals surface area contributed by atoms with Crippen LogP contribution in [0.25, 0.3) is 0 Å². The second kappa shape index (κ2) is 2.84. The summed E-state index contributed by atoms with van der Waals surface area (Å²) in [6, 6.07) is 0. The number of ketones is 1. The lowest BCUT2D eigenvalue weighted by molar-refractivity contribution is -0.123. The monoisotopic (exact) mass is 155 g/mol. The highest BCUT2D eigenvalue weighted by molar-refractivity contribution is 6.15. The SMILES string of the molecule is CCC1=NC=C(O)C(=O)C1O. The van der Waals surface area contributed by atoms with E-state index >= 15 is 0 Å². The van der Waals surface area contributed by atoms with E-state index in [1.165, 1.54) is 0 Å². The molecule has 0 fully saturated rings. The van der Waals surface area contributed by atoms with Gasteiger partial charge in [-0.3, -0.25) is 9.79 Å². The van der Waals surface area contributed by atoms with Crippen molar-refractivity contribution in [1.82, 2.24) is 0 Å². The van der Waals surface area contributed by atoms with Gasteiger partial charge in [-0.2, -0.15) is 0 Å². The molecule has 1 unspecified atom stereocenters. The molecule has 0 spiro atoms. The van der Waals surface area contributed by atoms with Gasteiger partial charge in [0.1, 0.15) is 0 Å². The van der Waals surface area contributed by atoms with Gasteiger partial charge in [0.05, 0.1) is 11.9 Å². The predicted octanol–water partition coefficient (Wildman–Crippen LogP) is 0.180. The normalized spacial score (nSPS) is 24.5. The molecule has 60 valence electrons. The van der Waals surface area contributed by atoms with Crippen molar-refractivity contribution in [3.63, 3.8) is 0 Å². The molecule has 0 aromatic carbocycles. The topological polar surface area (TPSA) is 69.9 Å². The molecule has 1 aliphatic heterocycles. The van der Waals surface area contributed by atoms with Gasteiger partial charge < -0.3 is 10.2 Å². The maximum absolute atomic E-state index is 10.8. The fraction of sp³-hybridized carbons (Fsp3) is 0.429. The summed E-state index contributed by atoms with van der Waals surface area (Å²) in [5.74, 6) is -1.15. The number of Topliss-reactive ketones (excluding diaryl/α,β-unsaturated/α-hetero) is 1. The molecular weight excluding hydrogens is 146 g/mol. The van der Waals surface area contributed by atoms with Crippen LogP contribution in [0.15, 0.2) is 17.0 Å². The van der Waals surface area contributed by atoms with Crippen LogP contribution < -0.4 is 0 Å². The summed E-state index contributed by atoms with van der Waals surface area (Å²) in [6.45, 7) is 1.78. The molecule has 0 amide bonds. The molecule has 11 heavy (non-hydrogen) atoms. The van der Waals surface area contributed by atoms with E-state index in [1.807, 2.05) is 0 Å². The largest absolute Gasteiger partial charge is 0.503 e. The Morgan fingerprint density at radius 1 is 1.73 bits per heavy atom. The number of rotatable bonds is 1. The molecule has 0 aromatic rings. The number of hydrogen-bond donors (Lipinski definition) is 2. The van der Waals surface area contributed by atoms with Crippen molar-refractivity contribution in [2.45, 2.75) is 19.4 Å². The molecule has 4 heteroatoms. The minimum absolute atomic E-state index is 0.396. The van der Waals surface area contributed by atoms with Crippen LogP contribution >= 0.6 is 0 Å². The summed E-state index contributed by atoms with van der Waals surface area (Å²) < 4.78 is 0. The molecule has 1 atom stereocenters. The van der Waals surface area contributed by atoms with Crippen molar-refractivity contribution >= 4 is 11.5 Å². The summed E-state index contributed by atoms with van der Waals surface area (Å²) >= 11 is 0. The molecule has 1 rings (SSSR count). The smallest absolute Gasteiger partial charge is 0.232 e. The molecule has 0 bridgehead atoms. The first-order valence-electron chi connectivity index (χ1n) is 3.34. The molecule has 0 aliphatic carbocycles. The summed E-state index contributed by atoms with van der Waals surface area (Å²) in [7, 11) is 0. The van der Waals surface area contributed by atoms with Crippen LogP contribution in [0.3, 0.4) is 0 Å². The van der Waals surface area contributed by atoms with Crippen molar-refractivity contribution in [3.8, 4) is 0 Å². The van der Waals surface area contributed by atoms with Gasteiger partial charge in [-0.25, -0.2) is 0 Å². The minimum atomic E-state index is -1.25. The Bertz CT molecular complexity index is 242. The van der Waals surface area contributed by atoms with Crippen molar-refractivity contribution in [3.05, 3.63) is 12.0 Å². The molecular formula is C7H9NO3. The van der Waals surface area contributed by atoms with E-state index in [0.717, 1.165) is 6.20 Å². The maximum atomic E-state index is 10.8. The molecule has 2 N–H and O–H groups in total. The average Bonchev–Trinajstić information content (AvgIpc) is 2.01. The molecule has 0 radical (unpaired) electrons. The van der Waals surface area contributed by atoms with Gasteiger partial charge in [0.25, 0.3) is 0 Å². The zero-order valence-electron chi connectivity index (χ0n) is 6.11. The molecule has 0 aromatic heterocycles. The zero-order chi connectivity index (χ0) is 8.43. The quantitative estimate of drug-likeness (QED) is 0.567. The number of aliphatic hydroxyl groups excluding tert-OH is 2. The van der Waals surface area contributed by atoms with E-state index in [0.29, 0.717) is 12.1 Å². The minimum Gasteiger partial charge on any atom is -0.503 e. The Hall–Kier alpha value is -1.16. The van der Waals surface area contributed by atoms with Gasteiger partial charge in [0, 0.05) is 0 Å². The molecule has 1 aliphatic rings. The Morgan fingerprint density at radius 3 is 2.91 bits per heavy atom. The molecule has 0 saturated carbocycles. The number of carbonyl (C=O) groups is 1. The van der Waals surface area contributed by atoms with Crippen molar-refractivity contribution in [1.29, 1.82) is 0 Å². The number of aliphatic hydroxyl groups is 2. The standard InChI is InChI=1S/C7H9NO3/c1-2-4-6(10)7(11)5(9)3-8-4/h3,6,9-10H,2H2,1H3. The van der Waals surface area contributed by atoms with Crippen LogP contribution in [0.4, 0.5) is 0 Å². The Kier molecular flexibility index (Phi) is 2.05. The second-order valence-corrected chi connectivity index (χ2v) is 2.26. The Balaban J connectivity index is 2.93. The highest BCUT2D eigenvalue weighted by atomic mass is 16.3. The lowest BCUT2D eigenvalue weighted by Crippen LogP contribution is -2.32. The van der Waals surface area contributed by atoms with E-state index in [4.69, 9.17) is 10.2 Å².